The number of methoxy groups -OCH3 is 1. The molecule has 0 aliphatic heterocycles. The molecule has 0 spiro atoms. The standard InChI is InChI=1S/C22H28Cl2O3/c1-21(2,3)20(25)27-17-11-15(10-16(23)12-17)19(26-4)18-7-9-22(24)8-5-6-14(18)13-22/h10-12,14H,5-9,13H2,1-4H3. The summed E-state index contributed by atoms with van der Waals surface area (Å²) >= 11 is 13.1. The number of fused-ring (bicyclic) bond motifs is 2. The molecule has 2 saturated carbocycles. The molecular weight excluding hydrogens is 383 g/mol. The van der Waals surface area contributed by atoms with Gasteiger partial charge in [0.1, 0.15) is 11.5 Å². The average molecular weight is 411 g/mol. The van der Waals surface area contributed by atoms with E-state index in [-0.39, 0.29) is 10.8 Å². The maximum atomic E-state index is 12.3. The molecule has 1 aromatic carbocycles. The first-order chi connectivity index (χ1) is 12.6. The van der Waals surface area contributed by atoms with Crippen LogP contribution in [0.1, 0.15) is 64.9 Å². The van der Waals surface area contributed by atoms with Crippen molar-refractivity contribution < 1.29 is 14.3 Å². The summed E-state index contributed by atoms with van der Waals surface area (Å²) in [5.74, 6) is 1.44. The predicted octanol–water partition coefficient (Wildman–Crippen LogP) is 6.61. The first kappa shape index (κ1) is 20.5. The zero-order chi connectivity index (χ0) is 19.8. The van der Waals surface area contributed by atoms with Crippen molar-refractivity contribution in [3.63, 3.8) is 0 Å². The molecule has 2 unspecified atom stereocenters. The van der Waals surface area contributed by atoms with E-state index in [1.54, 1.807) is 13.2 Å². The van der Waals surface area contributed by atoms with Gasteiger partial charge >= 0.3 is 5.97 Å². The van der Waals surface area contributed by atoms with E-state index in [0.29, 0.717) is 16.7 Å². The van der Waals surface area contributed by atoms with Gasteiger partial charge in [-0.15, -0.1) is 11.6 Å². The molecule has 0 aromatic heterocycles. The average Bonchev–Trinajstić information content (AvgIpc) is 2.56. The fourth-order valence-corrected chi connectivity index (χ4v) is 4.78. The van der Waals surface area contributed by atoms with Crippen LogP contribution in [0.25, 0.3) is 5.76 Å². The van der Waals surface area contributed by atoms with Crippen molar-refractivity contribution in [2.45, 2.75) is 64.2 Å². The highest BCUT2D eigenvalue weighted by molar-refractivity contribution is 6.31. The summed E-state index contributed by atoms with van der Waals surface area (Å²) in [6, 6.07) is 5.37. The molecule has 2 aliphatic carbocycles. The molecule has 3 rings (SSSR count). The van der Waals surface area contributed by atoms with Crippen LogP contribution in [-0.4, -0.2) is 18.0 Å². The van der Waals surface area contributed by atoms with Gasteiger partial charge in [0.25, 0.3) is 0 Å². The van der Waals surface area contributed by atoms with Gasteiger partial charge in [-0.05, 0) is 82.6 Å². The van der Waals surface area contributed by atoms with E-state index >= 15 is 0 Å². The van der Waals surface area contributed by atoms with Gasteiger partial charge in [-0.2, -0.15) is 0 Å². The number of hydrogen-bond donors (Lipinski definition) is 0. The number of allylic oxidation sites excluding steroid dienone is 1. The second kappa shape index (κ2) is 7.67. The van der Waals surface area contributed by atoms with Crippen LogP contribution in [0.15, 0.2) is 23.8 Å². The molecule has 1 aromatic rings. The van der Waals surface area contributed by atoms with Crippen molar-refractivity contribution in [2.24, 2.45) is 11.3 Å². The summed E-state index contributed by atoms with van der Waals surface area (Å²) in [7, 11) is 1.69. The van der Waals surface area contributed by atoms with Crippen molar-refractivity contribution in [3.8, 4) is 5.75 Å². The number of rotatable bonds is 3. The maximum absolute atomic E-state index is 12.3. The third-order valence-electron chi connectivity index (χ3n) is 5.58. The minimum atomic E-state index is -0.583. The van der Waals surface area contributed by atoms with Crippen LogP contribution < -0.4 is 4.74 Å². The Morgan fingerprint density at radius 3 is 2.63 bits per heavy atom. The Hall–Kier alpha value is -1.19. The molecule has 27 heavy (non-hydrogen) atoms. The molecule has 148 valence electrons. The molecular formula is C22H28Cl2O3. The Bertz CT molecular complexity index is 763. The Balaban J connectivity index is 1.95. The van der Waals surface area contributed by atoms with Gasteiger partial charge in [-0.3, -0.25) is 4.79 Å². The van der Waals surface area contributed by atoms with Crippen molar-refractivity contribution in [1.29, 1.82) is 0 Å². The zero-order valence-corrected chi connectivity index (χ0v) is 18.0. The summed E-state index contributed by atoms with van der Waals surface area (Å²) in [5, 5.41) is 0.519. The highest BCUT2D eigenvalue weighted by Crippen LogP contribution is 2.51. The fraction of sp³-hybridized carbons (Fsp3) is 0.591. The molecule has 0 radical (unpaired) electrons. The van der Waals surface area contributed by atoms with Crippen LogP contribution in [0.4, 0.5) is 0 Å². The minimum Gasteiger partial charge on any atom is -0.496 e. The van der Waals surface area contributed by atoms with Crippen molar-refractivity contribution in [2.75, 3.05) is 7.11 Å². The van der Waals surface area contributed by atoms with Gasteiger partial charge < -0.3 is 9.47 Å². The molecule has 5 heteroatoms. The van der Waals surface area contributed by atoms with Crippen molar-refractivity contribution >= 4 is 34.9 Å². The smallest absolute Gasteiger partial charge is 0.316 e. The van der Waals surface area contributed by atoms with E-state index in [1.165, 1.54) is 5.57 Å². The summed E-state index contributed by atoms with van der Waals surface area (Å²) < 4.78 is 11.4. The Labute approximate surface area is 172 Å². The number of carbonyl (C=O) groups excluding carboxylic acids is 1. The fourth-order valence-electron chi connectivity index (χ4n) is 4.14. The van der Waals surface area contributed by atoms with Crippen LogP contribution in [0.5, 0.6) is 5.75 Å². The van der Waals surface area contributed by atoms with E-state index < -0.39 is 5.41 Å². The maximum Gasteiger partial charge on any atom is 0.316 e. The predicted molar refractivity (Wildman–Crippen MR) is 110 cm³/mol. The van der Waals surface area contributed by atoms with E-state index in [9.17, 15) is 4.79 Å². The molecule has 0 N–H and O–H groups in total. The molecule has 0 heterocycles. The quantitative estimate of drug-likeness (QED) is 0.243. The van der Waals surface area contributed by atoms with E-state index in [0.717, 1.165) is 49.8 Å². The molecule has 3 nitrogen and oxygen atoms in total. The van der Waals surface area contributed by atoms with Crippen LogP contribution >= 0.6 is 23.2 Å². The summed E-state index contributed by atoms with van der Waals surface area (Å²) in [6.07, 6.45) is 6.30. The zero-order valence-electron chi connectivity index (χ0n) is 16.5. The minimum absolute atomic E-state index is 0.0486. The lowest BCUT2D eigenvalue weighted by molar-refractivity contribution is -0.142. The monoisotopic (exact) mass is 410 g/mol. The molecule has 2 bridgehead atoms. The van der Waals surface area contributed by atoms with Gasteiger partial charge in [0.05, 0.1) is 12.5 Å². The van der Waals surface area contributed by atoms with Gasteiger partial charge in [0, 0.05) is 15.5 Å². The summed E-state index contributed by atoms with van der Waals surface area (Å²) in [6.45, 7) is 5.48. The highest BCUT2D eigenvalue weighted by atomic mass is 35.5. The van der Waals surface area contributed by atoms with Crippen LogP contribution in [0.3, 0.4) is 0 Å². The molecule has 0 saturated heterocycles. The molecule has 0 amide bonds. The largest absolute Gasteiger partial charge is 0.496 e. The summed E-state index contributed by atoms with van der Waals surface area (Å²) in [5.41, 5.74) is 1.58. The number of carbonyl (C=O) groups is 1. The van der Waals surface area contributed by atoms with Crippen LogP contribution in [0, 0.1) is 11.3 Å². The SMILES string of the molecule is COC(=C1CCC2(Cl)CCCC1C2)c1cc(Cl)cc(OC(=O)C(C)(C)C)c1. The number of ether oxygens (including phenoxy) is 2. The third kappa shape index (κ3) is 4.63. The van der Waals surface area contributed by atoms with Crippen LogP contribution in [0.2, 0.25) is 5.02 Å². The van der Waals surface area contributed by atoms with Crippen molar-refractivity contribution in [3.05, 3.63) is 34.4 Å². The van der Waals surface area contributed by atoms with Gasteiger partial charge in [-0.1, -0.05) is 18.0 Å². The third-order valence-corrected chi connectivity index (χ3v) is 6.33. The Morgan fingerprint density at radius 1 is 1.22 bits per heavy atom. The number of benzene rings is 1. The van der Waals surface area contributed by atoms with Gasteiger partial charge in [0.15, 0.2) is 0 Å². The Kier molecular flexibility index (Phi) is 5.84. The lowest BCUT2D eigenvalue weighted by atomic mass is 9.68. The second-order valence-corrected chi connectivity index (χ2v) is 10.1. The van der Waals surface area contributed by atoms with Gasteiger partial charge in [0.2, 0.25) is 0 Å². The highest BCUT2D eigenvalue weighted by Gasteiger charge is 2.41. The first-order valence-electron chi connectivity index (χ1n) is 9.60. The van der Waals surface area contributed by atoms with Crippen molar-refractivity contribution in [1.82, 2.24) is 0 Å². The topological polar surface area (TPSA) is 35.5 Å². The Morgan fingerprint density at radius 2 is 1.96 bits per heavy atom. The number of alkyl halides is 1. The first-order valence-corrected chi connectivity index (χ1v) is 10.4. The number of esters is 1. The summed E-state index contributed by atoms with van der Waals surface area (Å²) in [4.78, 5) is 12.2. The van der Waals surface area contributed by atoms with E-state index in [1.807, 2.05) is 32.9 Å². The van der Waals surface area contributed by atoms with Crippen LogP contribution in [-0.2, 0) is 9.53 Å². The second-order valence-electron chi connectivity index (χ2n) is 8.82. The van der Waals surface area contributed by atoms with Gasteiger partial charge in [-0.25, -0.2) is 0 Å². The molecule has 2 aliphatic rings. The molecule has 2 fully saturated rings. The number of halogens is 2. The number of hydrogen-bond acceptors (Lipinski definition) is 3. The molecule has 2 atom stereocenters. The normalized spacial score (nSPS) is 27.1. The van der Waals surface area contributed by atoms with E-state index in [2.05, 4.69) is 0 Å². The lowest BCUT2D eigenvalue weighted by Crippen LogP contribution is -2.35. The lowest BCUT2D eigenvalue weighted by Gasteiger charge is -2.43. The van der Waals surface area contributed by atoms with E-state index in [4.69, 9.17) is 32.7 Å².